The third kappa shape index (κ3) is 2.12. The summed E-state index contributed by atoms with van der Waals surface area (Å²) in [5.74, 6) is -3.22. The Morgan fingerprint density at radius 3 is 2.40 bits per heavy atom. The summed E-state index contributed by atoms with van der Waals surface area (Å²) < 4.78 is 25.4. The van der Waals surface area contributed by atoms with Gasteiger partial charge in [-0.2, -0.15) is 0 Å². The molecule has 0 heterocycles. The third-order valence-corrected chi connectivity index (χ3v) is 3.16. The van der Waals surface area contributed by atoms with E-state index in [1.165, 1.54) is 6.92 Å². The Labute approximate surface area is 86.8 Å². The number of hydrogen-bond donors (Lipinski definition) is 2. The Hall–Kier alpha value is -0.710. The SMILES string of the molecule is CC1(C(O)C(=O)NC2CC2)CC(F)(F)C1. The number of nitrogens with one attached hydrogen (secondary N) is 1. The van der Waals surface area contributed by atoms with Crippen molar-refractivity contribution in [1.82, 2.24) is 5.32 Å². The van der Waals surface area contributed by atoms with E-state index in [1.54, 1.807) is 0 Å². The van der Waals surface area contributed by atoms with Crippen LogP contribution in [0.4, 0.5) is 8.78 Å². The van der Waals surface area contributed by atoms with Crippen molar-refractivity contribution >= 4 is 5.91 Å². The van der Waals surface area contributed by atoms with Crippen LogP contribution < -0.4 is 5.32 Å². The Balaban J connectivity index is 1.89. The highest BCUT2D eigenvalue weighted by Crippen LogP contribution is 2.53. The quantitative estimate of drug-likeness (QED) is 0.745. The molecule has 86 valence electrons. The monoisotopic (exact) mass is 219 g/mol. The molecule has 2 rings (SSSR count). The summed E-state index contributed by atoms with van der Waals surface area (Å²) in [5, 5.41) is 12.3. The molecule has 0 aliphatic heterocycles. The van der Waals surface area contributed by atoms with Gasteiger partial charge in [-0.05, 0) is 12.8 Å². The molecule has 2 aliphatic carbocycles. The predicted octanol–water partition coefficient (Wildman–Crippen LogP) is 1.06. The fraction of sp³-hybridized carbons (Fsp3) is 0.900. The van der Waals surface area contributed by atoms with Crippen LogP contribution in [0.1, 0.15) is 32.6 Å². The molecule has 5 heteroatoms. The maximum Gasteiger partial charge on any atom is 0.249 e. The van der Waals surface area contributed by atoms with Gasteiger partial charge in [-0.15, -0.1) is 0 Å². The van der Waals surface area contributed by atoms with E-state index >= 15 is 0 Å². The number of hydrogen-bond acceptors (Lipinski definition) is 2. The first-order valence-electron chi connectivity index (χ1n) is 5.19. The molecule has 0 bridgehead atoms. The summed E-state index contributed by atoms with van der Waals surface area (Å²) in [7, 11) is 0. The van der Waals surface area contributed by atoms with Gasteiger partial charge in [0, 0.05) is 24.3 Å². The minimum absolute atomic E-state index is 0.149. The molecule has 1 amide bonds. The van der Waals surface area contributed by atoms with Crippen LogP contribution in [0.25, 0.3) is 0 Å². The Bertz CT molecular complexity index is 281. The fourth-order valence-electron chi connectivity index (χ4n) is 2.15. The van der Waals surface area contributed by atoms with Crippen LogP contribution in [0, 0.1) is 5.41 Å². The molecule has 0 aromatic heterocycles. The predicted molar refractivity (Wildman–Crippen MR) is 49.5 cm³/mol. The van der Waals surface area contributed by atoms with Crippen molar-refractivity contribution < 1.29 is 18.7 Å². The lowest BCUT2D eigenvalue weighted by Crippen LogP contribution is -2.56. The molecule has 2 aliphatic rings. The Morgan fingerprint density at radius 2 is 2.00 bits per heavy atom. The maximum atomic E-state index is 12.7. The second kappa shape index (κ2) is 3.14. The van der Waals surface area contributed by atoms with E-state index in [1.807, 2.05) is 0 Å². The number of rotatable bonds is 3. The maximum absolute atomic E-state index is 12.7. The van der Waals surface area contributed by atoms with Crippen molar-refractivity contribution in [1.29, 1.82) is 0 Å². The molecule has 15 heavy (non-hydrogen) atoms. The van der Waals surface area contributed by atoms with Gasteiger partial charge in [0.05, 0.1) is 0 Å². The minimum atomic E-state index is -2.71. The molecule has 0 radical (unpaired) electrons. The number of halogens is 2. The average Bonchev–Trinajstić information content (AvgIpc) is 2.82. The Kier molecular flexibility index (Phi) is 2.26. The minimum Gasteiger partial charge on any atom is -0.383 e. The zero-order valence-corrected chi connectivity index (χ0v) is 8.59. The lowest BCUT2D eigenvalue weighted by molar-refractivity contribution is -0.194. The first-order valence-corrected chi connectivity index (χ1v) is 5.19. The van der Waals surface area contributed by atoms with E-state index in [0.717, 1.165) is 12.8 Å². The molecular weight excluding hydrogens is 204 g/mol. The topological polar surface area (TPSA) is 49.3 Å². The zero-order valence-electron chi connectivity index (χ0n) is 8.59. The number of amides is 1. The van der Waals surface area contributed by atoms with E-state index in [0.29, 0.717) is 0 Å². The average molecular weight is 219 g/mol. The van der Waals surface area contributed by atoms with Gasteiger partial charge in [0.25, 0.3) is 0 Å². The molecule has 0 aromatic rings. The zero-order chi connectivity index (χ0) is 11.3. The van der Waals surface area contributed by atoms with Gasteiger partial charge < -0.3 is 10.4 Å². The largest absolute Gasteiger partial charge is 0.383 e. The van der Waals surface area contributed by atoms with Crippen molar-refractivity contribution in [2.75, 3.05) is 0 Å². The summed E-state index contributed by atoms with van der Waals surface area (Å²) in [5.41, 5.74) is -0.956. The molecular formula is C10H15F2NO2. The molecule has 2 saturated carbocycles. The van der Waals surface area contributed by atoms with Gasteiger partial charge in [-0.25, -0.2) is 8.78 Å². The second-order valence-corrected chi connectivity index (χ2v) is 5.05. The summed E-state index contributed by atoms with van der Waals surface area (Å²) >= 11 is 0. The van der Waals surface area contributed by atoms with Crippen molar-refractivity contribution in [3.63, 3.8) is 0 Å². The smallest absolute Gasteiger partial charge is 0.249 e. The van der Waals surface area contributed by atoms with E-state index in [-0.39, 0.29) is 6.04 Å². The molecule has 3 nitrogen and oxygen atoms in total. The summed E-state index contributed by atoms with van der Waals surface area (Å²) in [6.07, 6.45) is -0.271. The number of aliphatic hydroxyl groups is 1. The summed E-state index contributed by atoms with van der Waals surface area (Å²) in [4.78, 5) is 11.4. The van der Waals surface area contributed by atoms with E-state index in [4.69, 9.17) is 0 Å². The fourth-order valence-corrected chi connectivity index (χ4v) is 2.15. The van der Waals surface area contributed by atoms with E-state index < -0.39 is 36.2 Å². The number of aliphatic hydroxyl groups excluding tert-OH is 1. The highest BCUT2D eigenvalue weighted by molar-refractivity contribution is 5.82. The summed E-state index contributed by atoms with van der Waals surface area (Å²) in [6, 6.07) is 0.149. The van der Waals surface area contributed by atoms with E-state index in [2.05, 4.69) is 5.32 Å². The van der Waals surface area contributed by atoms with Gasteiger partial charge in [0.2, 0.25) is 11.8 Å². The lowest BCUT2D eigenvalue weighted by atomic mass is 9.64. The standard InChI is InChI=1S/C10H15F2NO2/c1-9(4-10(11,12)5-9)7(14)8(15)13-6-2-3-6/h6-7,14H,2-5H2,1H3,(H,13,15). The molecule has 0 aromatic carbocycles. The van der Waals surface area contributed by atoms with Gasteiger partial charge in [0.15, 0.2) is 0 Å². The van der Waals surface area contributed by atoms with Crippen molar-refractivity contribution in [2.45, 2.75) is 50.7 Å². The first kappa shape index (κ1) is 10.8. The van der Waals surface area contributed by atoms with Crippen LogP contribution in [0.2, 0.25) is 0 Å². The molecule has 1 unspecified atom stereocenters. The van der Waals surface area contributed by atoms with Gasteiger partial charge in [-0.1, -0.05) is 6.92 Å². The molecule has 0 spiro atoms. The van der Waals surface area contributed by atoms with Gasteiger partial charge in [0.1, 0.15) is 6.10 Å². The van der Waals surface area contributed by atoms with Crippen LogP contribution in [0.15, 0.2) is 0 Å². The number of alkyl halides is 2. The second-order valence-electron chi connectivity index (χ2n) is 5.05. The van der Waals surface area contributed by atoms with Crippen LogP contribution >= 0.6 is 0 Å². The van der Waals surface area contributed by atoms with Crippen LogP contribution in [0.5, 0.6) is 0 Å². The molecule has 0 saturated heterocycles. The van der Waals surface area contributed by atoms with Crippen LogP contribution in [-0.4, -0.2) is 29.1 Å². The number of carbonyl (C=O) groups excluding carboxylic acids is 1. The van der Waals surface area contributed by atoms with Crippen LogP contribution in [0.3, 0.4) is 0 Å². The molecule has 2 fully saturated rings. The lowest BCUT2D eigenvalue weighted by Gasteiger charge is -2.46. The van der Waals surface area contributed by atoms with Gasteiger partial charge >= 0.3 is 0 Å². The van der Waals surface area contributed by atoms with Crippen molar-refractivity contribution in [3.05, 3.63) is 0 Å². The van der Waals surface area contributed by atoms with E-state index in [9.17, 15) is 18.7 Å². The molecule has 1 atom stereocenters. The highest BCUT2D eigenvalue weighted by Gasteiger charge is 2.58. The van der Waals surface area contributed by atoms with Crippen molar-refractivity contribution in [3.8, 4) is 0 Å². The highest BCUT2D eigenvalue weighted by atomic mass is 19.3. The van der Waals surface area contributed by atoms with Crippen LogP contribution in [-0.2, 0) is 4.79 Å². The third-order valence-electron chi connectivity index (χ3n) is 3.16. The summed E-state index contributed by atoms with van der Waals surface area (Å²) in [6.45, 7) is 1.53. The normalized spacial score (nSPS) is 29.1. The first-order chi connectivity index (χ1) is 6.82. The Morgan fingerprint density at radius 1 is 1.47 bits per heavy atom. The molecule has 2 N–H and O–H groups in total. The van der Waals surface area contributed by atoms with Crippen molar-refractivity contribution in [2.24, 2.45) is 5.41 Å². The number of carbonyl (C=O) groups is 1. The van der Waals surface area contributed by atoms with Gasteiger partial charge in [-0.3, -0.25) is 4.79 Å².